The molecular weight excluding hydrogens is 677 g/mol. The fraction of sp³-hybridized carbons (Fsp3) is 0.0185. The third-order valence-corrected chi connectivity index (χ3v) is 11.5. The lowest BCUT2D eigenvalue weighted by Gasteiger charge is -2.16. The third-order valence-electron chi connectivity index (χ3n) is 11.5. The second-order valence-corrected chi connectivity index (χ2v) is 14.7. The zero-order valence-electron chi connectivity index (χ0n) is 30.7. The van der Waals surface area contributed by atoms with E-state index in [4.69, 9.17) is 4.98 Å². The molecule has 2 nitrogen and oxygen atoms in total. The van der Waals surface area contributed by atoms with Crippen LogP contribution in [-0.2, 0) is 0 Å². The topological polar surface area (TPSA) is 17.8 Å². The Bertz CT molecular complexity index is 3050. The van der Waals surface area contributed by atoms with Crippen LogP contribution in [0.1, 0.15) is 22.6 Å². The minimum atomic E-state index is 0.176. The molecule has 8 aromatic carbocycles. The van der Waals surface area contributed by atoms with Crippen LogP contribution >= 0.6 is 0 Å². The third kappa shape index (κ3) is 5.38. The Balaban J connectivity index is 1.08. The van der Waals surface area contributed by atoms with E-state index < -0.39 is 0 Å². The highest BCUT2D eigenvalue weighted by Gasteiger charge is 2.31. The fourth-order valence-corrected chi connectivity index (χ4v) is 8.84. The molecule has 1 atom stereocenters. The minimum Gasteiger partial charge on any atom is -0.309 e. The minimum absolute atomic E-state index is 0.176. The molecule has 2 heterocycles. The van der Waals surface area contributed by atoms with Crippen molar-refractivity contribution in [1.29, 1.82) is 0 Å². The fourth-order valence-electron chi connectivity index (χ4n) is 8.84. The summed E-state index contributed by atoms with van der Waals surface area (Å²) in [5.74, 6) is 0.176. The molecule has 11 rings (SSSR count). The number of hydrogen-bond donors (Lipinski definition) is 0. The largest absolute Gasteiger partial charge is 0.309 e. The second-order valence-electron chi connectivity index (χ2n) is 14.7. The normalized spacial score (nSPS) is 13.2. The van der Waals surface area contributed by atoms with Crippen LogP contribution in [0.25, 0.3) is 83.4 Å². The molecule has 0 amide bonds. The summed E-state index contributed by atoms with van der Waals surface area (Å²) in [6.07, 6.45) is 0. The van der Waals surface area contributed by atoms with Gasteiger partial charge in [0.2, 0.25) is 0 Å². The van der Waals surface area contributed by atoms with Crippen LogP contribution in [-0.4, -0.2) is 9.55 Å². The van der Waals surface area contributed by atoms with Gasteiger partial charge in [0.05, 0.1) is 22.4 Å². The van der Waals surface area contributed by atoms with E-state index in [2.05, 4.69) is 217 Å². The molecule has 0 N–H and O–H groups in total. The van der Waals surface area contributed by atoms with Crippen LogP contribution in [0.5, 0.6) is 0 Å². The highest BCUT2D eigenvalue weighted by molar-refractivity contribution is 6.11. The Hall–Kier alpha value is -7.29. The summed E-state index contributed by atoms with van der Waals surface area (Å²) in [5.41, 5.74) is 19.0. The Kier molecular flexibility index (Phi) is 7.60. The van der Waals surface area contributed by atoms with Gasteiger partial charge in [-0.1, -0.05) is 170 Å². The molecule has 262 valence electrons. The lowest BCUT2D eigenvalue weighted by atomic mass is 9.89. The molecule has 0 spiro atoms. The Morgan fingerprint density at radius 3 is 1.70 bits per heavy atom. The van der Waals surface area contributed by atoms with Gasteiger partial charge in [-0.05, 0) is 92.5 Å². The predicted octanol–water partition coefficient (Wildman–Crippen LogP) is 14.0. The van der Waals surface area contributed by atoms with Crippen molar-refractivity contribution in [1.82, 2.24) is 9.55 Å². The molecule has 2 heteroatoms. The first-order valence-electron chi connectivity index (χ1n) is 19.3. The van der Waals surface area contributed by atoms with Crippen LogP contribution < -0.4 is 0 Å². The molecular formula is C54H36N2. The van der Waals surface area contributed by atoms with Gasteiger partial charge in [-0.25, -0.2) is 4.98 Å². The molecule has 1 aliphatic carbocycles. The van der Waals surface area contributed by atoms with E-state index in [0.717, 1.165) is 39.3 Å². The van der Waals surface area contributed by atoms with E-state index in [-0.39, 0.29) is 5.92 Å². The molecule has 56 heavy (non-hydrogen) atoms. The summed E-state index contributed by atoms with van der Waals surface area (Å²) >= 11 is 0. The van der Waals surface area contributed by atoms with Crippen molar-refractivity contribution in [2.24, 2.45) is 0 Å². The van der Waals surface area contributed by atoms with Gasteiger partial charge in [0.25, 0.3) is 0 Å². The smallest absolute Gasteiger partial charge is 0.0716 e. The molecule has 1 unspecified atom stereocenters. The summed E-state index contributed by atoms with van der Waals surface area (Å²) < 4.78 is 2.45. The van der Waals surface area contributed by atoms with Crippen LogP contribution in [0.2, 0.25) is 0 Å². The van der Waals surface area contributed by atoms with Gasteiger partial charge >= 0.3 is 0 Å². The molecule has 2 aromatic heterocycles. The number of rotatable bonds is 6. The summed E-state index contributed by atoms with van der Waals surface area (Å²) in [6, 6.07) is 76.9. The molecule has 0 saturated heterocycles. The van der Waals surface area contributed by atoms with Gasteiger partial charge < -0.3 is 4.57 Å². The standard InChI is InChI=1S/C54H36N2/c1-4-15-36(16-5-1)37-27-29-38(30-28-37)42-32-50(39-17-6-2-7-18-39)55-51(33-42)41-21-14-22-43(31-41)56-52-26-13-12-24-45(52)48-34-47-44-23-10-11-25-46(44)54(49(47)35-53(48)56)40-19-8-3-9-20-40/h1-35,54H. The molecule has 0 bridgehead atoms. The zero-order valence-corrected chi connectivity index (χ0v) is 30.7. The number of para-hydroxylation sites is 1. The van der Waals surface area contributed by atoms with Crippen molar-refractivity contribution in [3.63, 3.8) is 0 Å². The first-order valence-corrected chi connectivity index (χ1v) is 19.3. The number of pyridine rings is 1. The average Bonchev–Trinajstić information content (AvgIpc) is 3.78. The Morgan fingerprint density at radius 1 is 0.339 bits per heavy atom. The van der Waals surface area contributed by atoms with Crippen LogP contribution in [0.3, 0.4) is 0 Å². The summed E-state index contributed by atoms with van der Waals surface area (Å²) in [5, 5.41) is 2.51. The lowest BCUT2D eigenvalue weighted by Crippen LogP contribution is -2.00. The highest BCUT2D eigenvalue weighted by Crippen LogP contribution is 2.50. The molecule has 1 aliphatic rings. The van der Waals surface area contributed by atoms with Crippen LogP contribution in [0.15, 0.2) is 212 Å². The van der Waals surface area contributed by atoms with Crippen LogP contribution in [0.4, 0.5) is 0 Å². The molecule has 0 aliphatic heterocycles. The number of nitrogens with zero attached hydrogens (tertiary/aromatic N) is 2. The maximum atomic E-state index is 5.32. The average molecular weight is 713 g/mol. The number of benzene rings is 8. The zero-order chi connectivity index (χ0) is 37.0. The van der Waals surface area contributed by atoms with Gasteiger partial charge in [0, 0.05) is 33.5 Å². The van der Waals surface area contributed by atoms with Gasteiger partial charge in [0.1, 0.15) is 0 Å². The van der Waals surface area contributed by atoms with Gasteiger partial charge in [-0.3, -0.25) is 0 Å². The summed E-state index contributed by atoms with van der Waals surface area (Å²) in [6.45, 7) is 0. The van der Waals surface area contributed by atoms with E-state index in [0.29, 0.717) is 0 Å². The Labute approximate surface area is 326 Å². The maximum Gasteiger partial charge on any atom is 0.0716 e. The van der Waals surface area contributed by atoms with E-state index in [9.17, 15) is 0 Å². The van der Waals surface area contributed by atoms with E-state index in [1.807, 2.05) is 0 Å². The number of fused-ring (bicyclic) bond motifs is 6. The summed E-state index contributed by atoms with van der Waals surface area (Å²) in [7, 11) is 0. The van der Waals surface area contributed by atoms with E-state index >= 15 is 0 Å². The van der Waals surface area contributed by atoms with Gasteiger partial charge in [-0.2, -0.15) is 0 Å². The first-order chi connectivity index (χ1) is 27.8. The van der Waals surface area contributed by atoms with Crippen molar-refractivity contribution in [2.75, 3.05) is 0 Å². The summed E-state index contributed by atoms with van der Waals surface area (Å²) in [4.78, 5) is 5.32. The van der Waals surface area contributed by atoms with Crippen molar-refractivity contribution < 1.29 is 0 Å². The maximum absolute atomic E-state index is 5.32. The SMILES string of the molecule is c1ccc(-c2ccc(-c3cc(-c4ccccc4)nc(-c4cccc(-n5c6ccccc6c6cc7c(cc65)C(c5ccccc5)c5ccccc5-7)c4)c3)cc2)cc1. The van der Waals surface area contributed by atoms with Gasteiger partial charge in [0.15, 0.2) is 0 Å². The lowest BCUT2D eigenvalue weighted by molar-refractivity contribution is 1.01. The highest BCUT2D eigenvalue weighted by atomic mass is 15.0. The van der Waals surface area contributed by atoms with Crippen molar-refractivity contribution in [3.8, 4) is 61.6 Å². The number of aromatic nitrogens is 2. The quantitative estimate of drug-likeness (QED) is 0.168. The Morgan fingerprint density at radius 2 is 0.929 bits per heavy atom. The van der Waals surface area contributed by atoms with Crippen molar-refractivity contribution in [2.45, 2.75) is 5.92 Å². The monoisotopic (exact) mass is 712 g/mol. The van der Waals surface area contributed by atoms with Crippen molar-refractivity contribution >= 4 is 21.8 Å². The molecule has 10 aromatic rings. The van der Waals surface area contributed by atoms with Crippen LogP contribution in [0, 0.1) is 0 Å². The van der Waals surface area contributed by atoms with Crippen molar-refractivity contribution in [3.05, 3.63) is 229 Å². The molecule has 0 radical (unpaired) electrons. The molecule has 0 fully saturated rings. The second kappa shape index (κ2) is 13.2. The predicted molar refractivity (Wildman–Crippen MR) is 233 cm³/mol. The van der Waals surface area contributed by atoms with Gasteiger partial charge in [-0.15, -0.1) is 0 Å². The van der Waals surface area contributed by atoms with E-state index in [1.165, 1.54) is 60.8 Å². The molecule has 0 saturated carbocycles. The first kappa shape index (κ1) is 32.2. The van der Waals surface area contributed by atoms with E-state index in [1.54, 1.807) is 0 Å². The number of hydrogen-bond acceptors (Lipinski definition) is 1.